The van der Waals surface area contributed by atoms with Gasteiger partial charge >= 0.3 is 0 Å². The zero-order chi connectivity index (χ0) is 16.1. The highest BCUT2D eigenvalue weighted by Gasteiger charge is 2.09. The molecule has 1 amide bonds. The van der Waals surface area contributed by atoms with Crippen LogP contribution in [0.25, 0.3) is 11.3 Å². The third-order valence-electron chi connectivity index (χ3n) is 3.67. The molecule has 23 heavy (non-hydrogen) atoms. The summed E-state index contributed by atoms with van der Waals surface area (Å²) < 4.78 is 5.35. The van der Waals surface area contributed by atoms with E-state index in [9.17, 15) is 4.79 Å². The van der Waals surface area contributed by atoms with Crippen molar-refractivity contribution in [2.75, 3.05) is 6.54 Å². The minimum absolute atomic E-state index is 0.0603. The van der Waals surface area contributed by atoms with Crippen LogP contribution in [0.1, 0.15) is 21.6 Å². The Bertz CT molecular complexity index is 794. The quantitative estimate of drug-likeness (QED) is 0.783. The van der Waals surface area contributed by atoms with Crippen LogP contribution in [0.2, 0.25) is 0 Å². The van der Waals surface area contributed by atoms with Gasteiger partial charge < -0.3 is 9.84 Å². The van der Waals surface area contributed by atoms with E-state index in [1.54, 1.807) is 0 Å². The molecule has 0 radical (unpaired) electrons. The fraction of sp³-hybridized carbons (Fsp3) is 0.158. The van der Waals surface area contributed by atoms with Crippen LogP contribution < -0.4 is 5.32 Å². The van der Waals surface area contributed by atoms with Gasteiger partial charge in [0.15, 0.2) is 5.76 Å². The molecule has 0 aliphatic carbocycles. The van der Waals surface area contributed by atoms with Crippen LogP contribution in [0, 0.1) is 6.92 Å². The Morgan fingerprint density at radius 2 is 1.83 bits per heavy atom. The molecule has 0 atom stereocenters. The Kier molecular flexibility index (Phi) is 4.52. The molecule has 2 aromatic carbocycles. The third-order valence-corrected chi connectivity index (χ3v) is 3.67. The SMILES string of the molecule is Cc1ccccc1C(=O)NCCc1cc(-c2ccccc2)on1. The standard InChI is InChI=1S/C19H18N2O2/c1-14-7-5-6-10-17(14)19(22)20-12-11-16-13-18(23-21-16)15-8-3-2-4-9-15/h2-10,13H,11-12H2,1H3,(H,20,22). The summed E-state index contributed by atoms with van der Waals surface area (Å²) in [5.41, 5.74) is 3.50. The van der Waals surface area contributed by atoms with Crippen LogP contribution >= 0.6 is 0 Å². The largest absolute Gasteiger partial charge is 0.356 e. The van der Waals surface area contributed by atoms with Gasteiger partial charge in [-0.1, -0.05) is 53.7 Å². The maximum Gasteiger partial charge on any atom is 0.251 e. The van der Waals surface area contributed by atoms with Gasteiger partial charge in [0.05, 0.1) is 5.69 Å². The molecule has 1 aromatic heterocycles. The highest BCUT2D eigenvalue weighted by atomic mass is 16.5. The van der Waals surface area contributed by atoms with E-state index in [4.69, 9.17) is 4.52 Å². The molecule has 0 saturated carbocycles. The lowest BCUT2D eigenvalue weighted by Gasteiger charge is -2.06. The number of hydrogen-bond acceptors (Lipinski definition) is 3. The monoisotopic (exact) mass is 306 g/mol. The van der Waals surface area contributed by atoms with Crippen LogP contribution in [-0.4, -0.2) is 17.6 Å². The Labute approximate surface area is 135 Å². The molecule has 0 fully saturated rings. The predicted molar refractivity (Wildman–Crippen MR) is 89.2 cm³/mol. The van der Waals surface area contributed by atoms with Gasteiger partial charge in [0.1, 0.15) is 0 Å². The normalized spacial score (nSPS) is 10.5. The fourth-order valence-corrected chi connectivity index (χ4v) is 2.40. The molecule has 0 spiro atoms. The molecule has 1 heterocycles. The summed E-state index contributed by atoms with van der Waals surface area (Å²) in [6, 6.07) is 19.3. The lowest BCUT2D eigenvalue weighted by molar-refractivity contribution is 0.0953. The van der Waals surface area contributed by atoms with E-state index in [-0.39, 0.29) is 5.91 Å². The number of aryl methyl sites for hydroxylation is 1. The number of benzene rings is 2. The van der Waals surface area contributed by atoms with Crippen molar-refractivity contribution in [2.24, 2.45) is 0 Å². The van der Waals surface area contributed by atoms with Gasteiger partial charge in [-0.15, -0.1) is 0 Å². The minimum atomic E-state index is -0.0603. The number of nitrogens with one attached hydrogen (secondary N) is 1. The maximum absolute atomic E-state index is 12.1. The van der Waals surface area contributed by atoms with Gasteiger partial charge in [0, 0.05) is 30.2 Å². The van der Waals surface area contributed by atoms with Gasteiger partial charge in [-0.2, -0.15) is 0 Å². The van der Waals surface area contributed by atoms with Crippen LogP contribution in [0.5, 0.6) is 0 Å². The molecule has 4 nitrogen and oxygen atoms in total. The fourth-order valence-electron chi connectivity index (χ4n) is 2.40. The number of nitrogens with zero attached hydrogens (tertiary/aromatic N) is 1. The number of amides is 1. The zero-order valence-corrected chi connectivity index (χ0v) is 13.0. The van der Waals surface area contributed by atoms with Gasteiger partial charge in [0.25, 0.3) is 5.91 Å². The molecule has 116 valence electrons. The molecule has 0 bridgehead atoms. The number of carbonyl (C=O) groups excluding carboxylic acids is 1. The first-order chi connectivity index (χ1) is 11.2. The molecule has 0 aliphatic rings. The summed E-state index contributed by atoms with van der Waals surface area (Å²) in [6.45, 7) is 2.45. The molecule has 0 saturated heterocycles. The second kappa shape index (κ2) is 6.92. The van der Waals surface area contributed by atoms with E-state index in [0.29, 0.717) is 18.5 Å². The Balaban J connectivity index is 1.56. The first-order valence-corrected chi connectivity index (χ1v) is 7.59. The Hall–Kier alpha value is -2.88. The summed E-state index contributed by atoms with van der Waals surface area (Å²) in [5, 5.41) is 6.97. The van der Waals surface area contributed by atoms with E-state index >= 15 is 0 Å². The van der Waals surface area contributed by atoms with Crippen LogP contribution in [0.3, 0.4) is 0 Å². The summed E-state index contributed by atoms with van der Waals surface area (Å²) in [7, 11) is 0. The zero-order valence-electron chi connectivity index (χ0n) is 13.0. The smallest absolute Gasteiger partial charge is 0.251 e. The highest BCUT2D eigenvalue weighted by Crippen LogP contribution is 2.19. The molecular weight excluding hydrogens is 288 g/mol. The topological polar surface area (TPSA) is 55.1 Å². The predicted octanol–water partition coefficient (Wildman–Crippen LogP) is 3.62. The summed E-state index contributed by atoms with van der Waals surface area (Å²) >= 11 is 0. The van der Waals surface area contributed by atoms with Gasteiger partial charge in [-0.05, 0) is 18.6 Å². The molecular formula is C19H18N2O2. The average molecular weight is 306 g/mol. The van der Waals surface area contributed by atoms with Gasteiger partial charge in [-0.3, -0.25) is 4.79 Å². The molecule has 0 unspecified atom stereocenters. The molecule has 3 aromatic rings. The van der Waals surface area contributed by atoms with Crippen molar-refractivity contribution in [3.8, 4) is 11.3 Å². The Morgan fingerprint density at radius 1 is 1.09 bits per heavy atom. The van der Waals surface area contributed by atoms with Crippen molar-refractivity contribution >= 4 is 5.91 Å². The van der Waals surface area contributed by atoms with Crippen LogP contribution in [0.4, 0.5) is 0 Å². The average Bonchev–Trinajstić information content (AvgIpc) is 3.05. The summed E-state index contributed by atoms with van der Waals surface area (Å²) in [5.74, 6) is 0.681. The Morgan fingerprint density at radius 3 is 2.61 bits per heavy atom. The van der Waals surface area contributed by atoms with E-state index in [0.717, 1.165) is 22.6 Å². The number of rotatable bonds is 5. The second-order valence-corrected chi connectivity index (χ2v) is 5.37. The lowest BCUT2D eigenvalue weighted by atomic mass is 10.1. The summed E-state index contributed by atoms with van der Waals surface area (Å²) in [4.78, 5) is 12.1. The molecule has 3 rings (SSSR count). The number of aromatic nitrogens is 1. The lowest BCUT2D eigenvalue weighted by Crippen LogP contribution is -2.26. The van der Waals surface area contributed by atoms with E-state index in [1.807, 2.05) is 67.6 Å². The third kappa shape index (κ3) is 3.66. The molecule has 1 N–H and O–H groups in total. The van der Waals surface area contributed by atoms with Crippen molar-refractivity contribution in [3.63, 3.8) is 0 Å². The van der Waals surface area contributed by atoms with Crippen LogP contribution in [-0.2, 0) is 6.42 Å². The second-order valence-electron chi connectivity index (χ2n) is 5.37. The molecule has 0 aliphatic heterocycles. The maximum atomic E-state index is 12.1. The molecule has 4 heteroatoms. The van der Waals surface area contributed by atoms with Gasteiger partial charge in [0.2, 0.25) is 0 Å². The van der Waals surface area contributed by atoms with Crippen molar-refractivity contribution in [1.29, 1.82) is 0 Å². The van der Waals surface area contributed by atoms with E-state index < -0.39 is 0 Å². The van der Waals surface area contributed by atoms with Crippen molar-refractivity contribution < 1.29 is 9.32 Å². The van der Waals surface area contributed by atoms with Gasteiger partial charge in [-0.25, -0.2) is 0 Å². The van der Waals surface area contributed by atoms with E-state index in [1.165, 1.54) is 0 Å². The first kappa shape index (κ1) is 15.0. The number of hydrogen-bond donors (Lipinski definition) is 1. The summed E-state index contributed by atoms with van der Waals surface area (Å²) in [6.07, 6.45) is 0.633. The van der Waals surface area contributed by atoms with Crippen LogP contribution in [0.15, 0.2) is 65.2 Å². The van der Waals surface area contributed by atoms with Crippen molar-refractivity contribution in [3.05, 3.63) is 77.5 Å². The first-order valence-electron chi connectivity index (χ1n) is 7.59. The van der Waals surface area contributed by atoms with E-state index in [2.05, 4.69) is 10.5 Å². The van der Waals surface area contributed by atoms with Crippen molar-refractivity contribution in [1.82, 2.24) is 10.5 Å². The highest BCUT2D eigenvalue weighted by molar-refractivity contribution is 5.95. The number of carbonyl (C=O) groups is 1. The minimum Gasteiger partial charge on any atom is -0.356 e. The van der Waals surface area contributed by atoms with Crippen molar-refractivity contribution in [2.45, 2.75) is 13.3 Å².